The zero-order valence-corrected chi connectivity index (χ0v) is 14.4. The molecular weight excluding hydrogens is 293 g/mol. The van der Waals surface area contributed by atoms with E-state index in [1.165, 1.54) is 12.1 Å². The minimum atomic E-state index is -0.699. The van der Waals surface area contributed by atoms with E-state index in [9.17, 15) is 9.18 Å². The van der Waals surface area contributed by atoms with E-state index in [1.54, 1.807) is 0 Å². The summed E-state index contributed by atoms with van der Waals surface area (Å²) in [6.07, 6.45) is 6.61. The Hall–Kier alpha value is -1.42. The molecule has 130 valence electrons. The number of nitrogens with one attached hydrogen (secondary N) is 1. The standard InChI is InChI=1S/C19H30FNO2/c1-15(2)18(8-6-4-3-5-7-9-19(22)23)21-14-16-10-12-17(20)13-11-16/h10-13,15,18,21H,3-9,14H2,1-2H3,(H,22,23). The van der Waals surface area contributed by atoms with Crippen LogP contribution in [0.15, 0.2) is 24.3 Å². The molecule has 1 rings (SSSR count). The minimum Gasteiger partial charge on any atom is -0.481 e. The molecule has 1 aromatic rings. The summed E-state index contributed by atoms with van der Waals surface area (Å²) in [6, 6.07) is 7.10. The molecule has 3 nitrogen and oxygen atoms in total. The molecular formula is C19H30FNO2. The summed E-state index contributed by atoms with van der Waals surface area (Å²) in [5.74, 6) is -0.339. The van der Waals surface area contributed by atoms with Crippen LogP contribution in [0.25, 0.3) is 0 Å². The summed E-state index contributed by atoms with van der Waals surface area (Å²) >= 11 is 0. The maximum Gasteiger partial charge on any atom is 0.303 e. The Morgan fingerprint density at radius 3 is 2.30 bits per heavy atom. The SMILES string of the molecule is CC(C)C(CCCCCCCC(=O)O)NCc1ccc(F)cc1. The van der Waals surface area contributed by atoms with Gasteiger partial charge in [-0.1, -0.05) is 51.7 Å². The van der Waals surface area contributed by atoms with Gasteiger partial charge in [0.15, 0.2) is 0 Å². The molecule has 1 aromatic carbocycles. The molecule has 4 heteroatoms. The van der Waals surface area contributed by atoms with Crippen LogP contribution in [0.2, 0.25) is 0 Å². The van der Waals surface area contributed by atoms with Gasteiger partial charge in [-0.2, -0.15) is 0 Å². The molecule has 0 bridgehead atoms. The number of unbranched alkanes of at least 4 members (excludes halogenated alkanes) is 4. The van der Waals surface area contributed by atoms with Gasteiger partial charge in [-0.3, -0.25) is 4.79 Å². The van der Waals surface area contributed by atoms with Crippen molar-refractivity contribution in [1.82, 2.24) is 5.32 Å². The molecule has 2 N–H and O–H groups in total. The van der Waals surface area contributed by atoms with Gasteiger partial charge in [0.05, 0.1) is 0 Å². The average molecular weight is 323 g/mol. The van der Waals surface area contributed by atoms with Gasteiger partial charge >= 0.3 is 5.97 Å². The lowest BCUT2D eigenvalue weighted by molar-refractivity contribution is -0.137. The maximum atomic E-state index is 12.9. The average Bonchev–Trinajstić information content (AvgIpc) is 2.50. The van der Waals surface area contributed by atoms with Crippen LogP contribution >= 0.6 is 0 Å². The first-order chi connectivity index (χ1) is 11.0. The fourth-order valence-electron chi connectivity index (χ4n) is 2.69. The number of hydrogen-bond acceptors (Lipinski definition) is 2. The predicted octanol–water partition coefficient (Wildman–Crippen LogP) is 4.76. The normalized spacial score (nSPS) is 12.5. The molecule has 23 heavy (non-hydrogen) atoms. The van der Waals surface area contributed by atoms with Gasteiger partial charge in [-0.15, -0.1) is 0 Å². The Morgan fingerprint density at radius 1 is 1.09 bits per heavy atom. The van der Waals surface area contributed by atoms with Crippen molar-refractivity contribution in [2.75, 3.05) is 0 Å². The lowest BCUT2D eigenvalue weighted by atomic mass is 9.97. The molecule has 0 aliphatic carbocycles. The number of aliphatic carboxylic acids is 1. The van der Waals surface area contributed by atoms with Gasteiger partial charge in [0.2, 0.25) is 0 Å². The van der Waals surface area contributed by atoms with Crippen molar-refractivity contribution in [2.24, 2.45) is 5.92 Å². The number of carbonyl (C=O) groups is 1. The molecule has 1 unspecified atom stereocenters. The summed E-state index contributed by atoms with van der Waals surface area (Å²) in [7, 11) is 0. The molecule has 0 saturated heterocycles. The fourth-order valence-corrected chi connectivity index (χ4v) is 2.69. The predicted molar refractivity (Wildman–Crippen MR) is 91.8 cm³/mol. The number of halogens is 1. The number of carboxylic acids is 1. The van der Waals surface area contributed by atoms with Gasteiger partial charge in [0, 0.05) is 19.0 Å². The third-order valence-corrected chi connectivity index (χ3v) is 4.19. The highest BCUT2D eigenvalue weighted by Gasteiger charge is 2.12. The summed E-state index contributed by atoms with van der Waals surface area (Å²) < 4.78 is 12.9. The molecule has 0 fully saturated rings. The lowest BCUT2D eigenvalue weighted by Gasteiger charge is -2.22. The topological polar surface area (TPSA) is 49.3 Å². The van der Waals surface area contributed by atoms with Crippen LogP contribution in [0.4, 0.5) is 4.39 Å². The second-order valence-corrected chi connectivity index (χ2v) is 6.56. The maximum absolute atomic E-state index is 12.9. The first kappa shape index (κ1) is 19.6. The number of rotatable bonds is 12. The molecule has 0 radical (unpaired) electrons. The molecule has 0 spiro atoms. The molecule has 0 aliphatic rings. The molecule has 1 atom stereocenters. The Bertz CT molecular complexity index is 445. The number of carboxylic acid groups (broad SMARTS) is 1. The van der Waals surface area contributed by atoms with Crippen molar-refractivity contribution < 1.29 is 14.3 Å². The quantitative estimate of drug-likeness (QED) is 0.545. The van der Waals surface area contributed by atoms with E-state index in [4.69, 9.17) is 5.11 Å². The molecule has 0 saturated carbocycles. The zero-order chi connectivity index (χ0) is 17.1. The molecule has 0 aliphatic heterocycles. The van der Waals surface area contributed by atoms with Gasteiger partial charge in [-0.05, 0) is 36.5 Å². The summed E-state index contributed by atoms with van der Waals surface area (Å²) in [5.41, 5.74) is 1.10. The van der Waals surface area contributed by atoms with Crippen LogP contribution in [-0.2, 0) is 11.3 Å². The van der Waals surface area contributed by atoms with Crippen molar-refractivity contribution in [3.8, 4) is 0 Å². The van der Waals surface area contributed by atoms with E-state index in [0.29, 0.717) is 12.0 Å². The van der Waals surface area contributed by atoms with Crippen molar-refractivity contribution in [3.05, 3.63) is 35.6 Å². The molecule has 0 amide bonds. The second kappa shape index (κ2) is 11.2. The van der Waals surface area contributed by atoms with E-state index >= 15 is 0 Å². The van der Waals surface area contributed by atoms with Crippen LogP contribution < -0.4 is 5.32 Å². The summed E-state index contributed by atoms with van der Waals surface area (Å²) in [6.45, 7) is 5.20. The first-order valence-electron chi connectivity index (χ1n) is 8.68. The highest BCUT2D eigenvalue weighted by molar-refractivity contribution is 5.66. The van der Waals surface area contributed by atoms with Gasteiger partial charge in [0.1, 0.15) is 5.82 Å². The summed E-state index contributed by atoms with van der Waals surface area (Å²) in [4.78, 5) is 10.4. The number of benzene rings is 1. The van der Waals surface area contributed by atoms with Crippen molar-refractivity contribution in [2.45, 2.75) is 71.4 Å². The van der Waals surface area contributed by atoms with Crippen molar-refractivity contribution in [1.29, 1.82) is 0 Å². The van der Waals surface area contributed by atoms with Crippen LogP contribution in [0.1, 0.15) is 64.4 Å². The van der Waals surface area contributed by atoms with E-state index in [0.717, 1.165) is 50.6 Å². The second-order valence-electron chi connectivity index (χ2n) is 6.56. The molecule has 0 aromatic heterocycles. The van der Waals surface area contributed by atoms with E-state index in [1.807, 2.05) is 12.1 Å². The number of hydrogen-bond donors (Lipinski definition) is 2. The van der Waals surface area contributed by atoms with E-state index in [-0.39, 0.29) is 12.2 Å². The Balaban J connectivity index is 2.19. The van der Waals surface area contributed by atoms with Crippen molar-refractivity contribution >= 4 is 5.97 Å². The Kier molecular flexibility index (Phi) is 9.53. The summed E-state index contributed by atoms with van der Waals surface area (Å²) in [5, 5.41) is 12.2. The van der Waals surface area contributed by atoms with Crippen molar-refractivity contribution in [3.63, 3.8) is 0 Å². The Labute approximate surface area is 139 Å². The first-order valence-corrected chi connectivity index (χ1v) is 8.68. The highest BCUT2D eigenvalue weighted by Crippen LogP contribution is 2.14. The minimum absolute atomic E-state index is 0.197. The van der Waals surface area contributed by atoms with Gasteiger partial charge < -0.3 is 10.4 Å². The van der Waals surface area contributed by atoms with Crippen LogP contribution in [-0.4, -0.2) is 17.1 Å². The van der Waals surface area contributed by atoms with Gasteiger partial charge in [0.25, 0.3) is 0 Å². The van der Waals surface area contributed by atoms with Crippen LogP contribution in [0.5, 0.6) is 0 Å². The fraction of sp³-hybridized carbons (Fsp3) is 0.632. The zero-order valence-electron chi connectivity index (χ0n) is 14.4. The molecule has 0 heterocycles. The lowest BCUT2D eigenvalue weighted by Crippen LogP contribution is -2.33. The highest BCUT2D eigenvalue weighted by atomic mass is 19.1. The van der Waals surface area contributed by atoms with E-state index < -0.39 is 5.97 Å². The van der Waals surface area contributed by atoms with Crippen LogP contribution in [0.3, 0.4) is 0 Å². The van der Waals surface area contributed by atoms with Gasteiger partial charge in [-0.25, -0.2) is 4.39 Å². The smallest absolute Gasteiger partial charge is 0.303 e. The monoisotopic (exact) mass is 323 g/mol. The third-order valence-electron chi connectivity index (χ3n) is 4.19. The third kappa shape index (κ3) is 9.34. The Morgan fingerprint density at radius 2 is 1.70 bits per heavy atom. The van der Waals surface area contributed by atoms with E-state index in [2.05, 4.69) is 19.2 Å². The largest absolute Gasteiger partial charge is 0.481 e. The van der Waals surface area contributed by atoms with Crippen LogP contribution in [0, 0.1) is 11.7 Å².